The minimum Gasteiger partial charge on any atom is -0.439 e. The molecule has 0 bridgehead atoms. The molecule has 164 valence electrons. The van der Waals surface area contributed by atoms with E-state index < -0.39 is 0 Å². The molecule has 0 amide bonds. The van der Waals surface area contributed by atoms with Crippen molar-refractivity contribution in [1.29, 1.82) is 0 Å². The van der Waals surface area contributed by atoms with Crippen molar-refractivity contribution in [3.63, 3.8) is 0 Å². The molecule has 4 heterocycles. The molecule has 8 heteroatoms. The van der Waals surface area contributed by atoms with Crippen LogP contribution in [0.5, 0.6) is 11.6 Å². The van der Waals surface area contributed by atoms with Gasteiger partial charge in [-0.1, -0.05) is 17.7 Å². The first-order chi connectivity index (χ1) is 15.7. The number of pyridine rings is 1. The fourth-order valence-electron chi connectivity index (χ4n) is 4.13. The zero-order chi connectivity index (χ0) is 21.9. The first-order valence-electron chi connectivity index (χ1n) is 10.9. The molecule has 2 aliphatic rings. The third-order valence-corrected chi connectivity index (χ3v) is 6.07. The van der Waals surface area contributed by atoms with Crippen molar-refractivity contribution in [2.45, 2.75) is 38.8 Å². The van der Waals surface area contributed by atoms with Gasteiger partial charge in [-0.15, -0.1) is 0 Å². The van der Waals surface area contributed by atoms with Gasteiger partial charge in [0.05, 0.1) is 17.0 Å². The van der Waals surface area contributed by atoms with Gasteiger partial charge in [0.25, 0.3) is 5.56 Å². The average molecular weight is 450 g/mol. The monoisotopic (exact) mass is 449 g/mol. The molecule has 32 heavy (non-hydrogen) atoms. The van der Waals surface area contributed by atoms with E-state index in [9.17, 15) is 4.79 Å². The quantitative estimate of drug-likeness (QED) is 0.632. The molecule has 2 aromatic heterocycles. The molecule has 2 aliphatic heterocycles. The number of aromatic amines is 1. The number of rotatable bonds is 5. The van der Waals surface area contributed by atoms with E-state index in [1.54, 1.807) is 18.3 Å². The number of hydrogen-bond acceptors (Lipinski definition) is 6. The van der Waals surface area contributed by atoms with Crippen LogP contribution in [-0.4, -0.2) is 38.7 Å². The summed E-state index contributed by atoms with van der Waals surface area (Å²) in [6, 6.07) is 11.1. The highest BCUT2D eigenvalue weighted by atomic mass is 35.5. The van der Waals surface area contributed by atoms with E-state index in [-0.39, 0.29) is 5.56 Å². The van der Waals surface area contributed by atoms with Crippen LogP contribution in [0, 0.1) is 0 Å². The topological polar surface area (TPSA) is 83.5 Å². The molecule has 0 fully saturated rings. The predicted octanol–water partition coefficient (Wildman–Crippen LogP) is 4.14. The number of hydrogen-bond donors (Lipinski definition) is 1. The second-order valence-corrected chi connectivity index (χ2v) is 8.55. The zero-order valence-electron chi connectivity index (χ0n) is 17.7. The van der Waals surface area contributed by atoms with Crippen LogP contribution in [-0.2, 0) is 19.5 Å². The van der Waals surface area contributed by atoms with E-state index in [1.807, 2.05) is 24.3 Å². The van der Waals surface area contributed by atoms with Gasteiger partial charge < -0.3 is 9.72 Å². The third-order valence-electron chi connectivity index (χ3n) is 5.82. The number of aliphatic imine (C=N–C) groups is 1. The number of H-pyrrole nitrogens is 1. The molecule has 1 aromatic carbocycles. The lowest BCUT2D eigenvalue weighted by atomic mass is 10.0. The zero-order valence-corrected chi connectivity index (χ0v) is 18.4. The van der Waals surface area contributed by atoms with Crippen molar-refractivity contribution in [3.8, 4) is 11.6 Å². The number of nitrogens with one attached hydrogen (secondary N) is 1. The Morgan fingerprint density at radius 1 is 1.12 bits per heavy atom. The van der Waals surface area contributed by atoms with Gasteiger partial charge in [0.2, 0.25) is 5.88 Å². The summed E-state index contributed by atoms with van der Waals surface area (Å²) in [6.07, 6.45) is 5.52. The van der Waals surface area contributed by atoms with E-state index in [0.717, 1.165) is 61.3 Å². The highest BCUT2D eigenvalue weighted by Gasteiger charge is 2.23. The Hall–Kier alpha value is -3.03. The largest absolute Gasteiger partial charge is 0.439 e. The normalized spacial score (nSPS) is 16.3. The van der Waals surface area contributed by atoms with Crippen molar-refractivity contribution in [3.05, 3.63) is 80.6 Å². The summed E-state index contributed by atoms with van der Waals surface area (Å²) in [5.41, 5.74) is 3.45. The van der Waals surface area contributed by atoms with E-state index in [1.165, 1.54) is 0 Å². The van der Waals surface area contributed by atoms with Crippen molar-refractivity contribution >= 4 is 17.3 Å². The SMILES string of the molecule is O=c1[nH]c(C2=NCCCC2)nc2c1CN(Cc1cccnc1Oc1ccc(Cl)cc1)CC2. The van der Waals surface area contributed by atoms with Gasteiger partial charge in [-0.2, -0.15) is 0 Å². The van der Waals surface area contributed by atoms with Gasteiger partial charge in [-0.05, 0) is 49.6 Å². The molecular formula is C24H24ClN5O2. The molecule has 0 saturated heterocycles. The summed E-state index contributed by atoms with van der Waals surface area (Å²) in [6.45, 7) is 2.80. The van der Waals surface area contributed by atoms with Gasteiger partial charge in [-0.25, -0.2) is 9.97 Å². The summed E-state index contributed by atoms with van der Waals surface area (Å²) in [5, 5.41) is 0.656. The Balaban J connectivity index is 1.33. The van der Waals surface area contributed by atoms with E-state index in [4.69, 9.17) is 21.3 Å². The van der Waals surface area contributed by atoms with Gasteiger partial charge in [0, 0.05) is 49.4 Å². The van der Waals surface area contributed by atoms with Crippen LogP contribution < -0.4 is 10.3 Å². The number of halogens is 1. The Morgan fingerprint density at radius 2 is 2.00 bits per heavy atom. The fourth-order valence-corrected chi connectivity index (χ4v) is 4.26. The Kier molecular flexibility index (Phi) is 6.01. The summed E-state index contributed by atoms with van der Waals surface area (Å²) in [4.78, 5) is 31.8. The maximum atomic E-state index is 12.8. The van der Waals surface area contributed by atoms with Crippen molar-refractivity contribution in [2.24, 2.45) is 4.99 Å². The van der Waals surface area contributed by atoms with Crippen LogP contribution in [0.15, 0.2) is 52.4 Å². The second kappa shape index (κ2) is 9.22. The fraction of sp³-hybridized carbons (Fsp3) is 0.333. The molecule has 3 aromatic rings. The van der Waals surface area contributed by atoms with Gasteiger partial charge in [0.15, 0.2) is 5.82 Å². The van der Waals surface area contributed by atoms with Crippen LogP contribution in [0.3, 0.4) is 0 Å². The van der Waals surface area contributed by atoms with E-state index >= 15 is 0 Å². The second-order valence-electron chi connectivity index (χ2n) is 8.11. The van der Waals surface area contributed by atoms with E-state index in [2.05, 4.69) is 19.9 Å². The molecule has 0 saturated carbocycles. The number of aromatic nitrogens is 3. The number of nitrogens with zero attached hydrogens (tertiary/aromatic N) is 4. The lowest BCUT2D eigenvalue weighted by molar-refractivity contribution is 0.238. The van der Waals surface area contributed by atoms with Crippen LogP contribution >= 0.6 is 11.6 Å². The van der Waals surface area contributed by atoms with E-state index in [0.29, 0.717) is 35.6 Å². The molecule has 7 nitrogen and oxygen atoms in total. The summed E-state index contributed by atoms with van der Waals surface area (Å²) in [5.74, 6) is 1.88. The molecule has 1 N–H and O–H groups in total. The molecule has 0 radical (unpaired) electrons. The Morgan fingerprint density at radius 3 is 2.81 bits per heavy atom. The molecule has 0 atom stereocenters. The molecule has 0 spiro atoms. The highest BCUT2D eigenvalue weighted by Crippen LogP contribution is 2.26. The number of benzene rings is 1. The third kappa shape index (κ3) is 4.59. The first-order valence-corrected chi connectivity index (χ1v) is 11.3. The number of fused-ring (bicyclic) bond motifs is 1. The van der Waals surface area contributed by atoms with Crippen LogP contribution in [0.25, 0.3) is 0 Å². The predicted molar refractivity (Wildman–Crippen MR) is 124 cm³/mol. The highest BCUT2D eigenvalue weighted by molar-refractivity contribution is 6.30. The summed E-state index contributed by atoms with van der Waals surface area (Å²) < 4.78 is 5.99. The van der Waals surface area contributed by atoms with Crippen LogP contribution in [0.2, 0.25) is 5.02 Å². The Labute approximate surface area is 191 Å². The average Bonchev–Trinajstić information content (AvgIpc) is 2.82. The minimum atomic E-state index is -0.0632. The van der Waals surface area contributed by atoms with Crippen LogP contribution in [0.4, 0.5) is 0 Å². The maximum absolute atomic E-state index is 12.8. The summed E-state index contributed by atoms with van der Waals surface area (Å²) in [7, 11) is 0. The van der Waals surface area contributed by atoms with Crippen molar-refractivity contribution in [1.82, 2.24) is 19.9 Å². The minimum absolute atomic E-state index is 0.0632. The lowest BCUT2D eigenvalue weighted by Crippen LogP contribution is -2.36. The van der Waals surface area contributed by atoms with Gasteiger partial charge in [-0.3, -0.25) is 14.7 Å². The lowest BCUT2D eigenvalue weighted by Gasteiger charge is -2.28. The Bertz CT molecular complexity index is 1210. The molecule has 5 rings (SSSR count). The van der Waals surface area contributed by atoms with Gasteiger partial charge >= 0.3 is 0 Å². The first kappa shape index (κ1) is 20.8. The van der Waals surface area contributed by atoms with Crippen LogP contribution in [0.1, 0.15) is 41.9 Å². The van der Waals surface area contributed by atoms with Crippen molar-refractivity contribution < 1.29 is 4.74 Å². The molecular weight excluding hydrogens is 426 g/mol. The van der Waals surface area contributed by atoms with Crippen molar-refractivity contribution in [2.75, 3.05) is 13.1 Å². The standard InChI is InChI=1S/C24H24ClN5O2/c25-17-6-8-18(9-7-17)32-24-16(4-3-12-27-24)14-30-13-10-20-19(15-30)23(31)29-22(28-20)21-5-1-2-11-26-21/h3-4,6-9,12H,1-2,5,10-11,13-15H2,(H,28,29,31). The molecule has 0 unspecified atom stereocenters. The van der Waals surface area contributed by atoms with Gasteiger partial charge in [0.1, 0.15) is 5.75 Å². The molecule has 0 aliphatic carbocycles. The maximum Gasteiger partial charge on any atom is 0.255 e. The summed E-state index contributed by atoms with van der Waals surface area (Å²) >= 11 is 5.97. The number of ether oxygens (including phenoxy) is 1. The smallest absolute Gasteiger partial charge is 0.255 e.